The Morgan fingerprint density at radius 2 is 2.27 bits per heavy atom. The van der Waals surface area contributed by atoms with Gasteiger partial charge in [0.25, 0.3) is 0 Å². The molecule has 2 heteroatoms. The van der Waals surface area contributed by atoms with E-state index in [-0.39, 0.29) is 0 Å². The third-order valence-electron chi connectivity index (χ3n) is 2.15. The second kappa shape index (κ2) is 3.77. The third kappa shape index (κ3) is 2.54. The van der Waals surface area contributed by atoms with Crippen molar-refractivity contribution in [1.29, 1.82) is 0 Å². The molecule has 0 aromatic carbocycles. The van der Waals surface area contributed by atoms with E-state index in [1.807, 2.05) is 0 Å². The molecule has 0 aromatic rings. The maximum atomic E-state index is 2.44. The number of hydrogen-bond donors (Lipinski definition) is 0. The summed E-state index contributed by atoms with van der Waals surface area (Å²) in [4.78, 5) is 4.67. The lowest BCUT2D eigenvalue weighted by molar-refractivity contribution is 0.306. The van der Waals surface area contributed by atoms with Crippen molar-refractivity contribution in [3.05, 3.63) is 11.8 Å². The van der Waals surface area contributed by atoms with E-state index in [1.165, 1.54) is 25.2 Å². The van der Waals surface area contributed by atoms with Crippen LogP contribution in [-0.4, -0.2) is 43.5 Å². The highest BCUT2D eigenvalue weighted by Crippen LogP contribution is 2.12. The topological polar surface area (TPSA) is 6.48 Å². The maximum absolute atomic E-state index is 2.44. The fraction of sp³-hybridized carbons (Fsp3) is 0.778. The van der Waals surface area contributed by atoms with Crippen molar-refractivity contribution in [2.24, 2.45) is 0 Å². The fourth-order valence-electron chi connectivity index (χ4n) is 1.34. The van der Waals surface area contributed by atoms with Crippen molar-refractivity contribution in [3.63, 3.8) is 0 Å². The first-order chi connectivity index (χ1) is 5.20. The molecule has 1 rings (SSSR count). The Balaban J connectivity index is 2.22. The Bertz CT molecular complexity index is 150. The molecule has 0 saturated carbocycles. The van der Waals surface area contributed by atoms with Gasteiger partial charge in [-0.25, -0.2) is 0 Å². The SMILES string of the molecule is CC1=CCCN1CCN(C)C. The zero-order valence-electron chi connectivity index (χ0n) is 7.80. The molecule has 64 valence electrons. The zero-order chi connectivity index (χ0) is 8.27. The number of nitrogens with zero attached hydrogens (tertiary/aromatic N) is 2. The Hall–Kier alpha value is -0.500. The van der Waals surface area contributed by atoms with Gasteiger partial charge in [-0.1, -0.05) is 6.08 Å². The van der Waals surface area contributed by atoms with Crippen LogP contribution in [0.2, 0.25) is 0 Å². The summed E-state index contributed by atoms with van der Waals surface area (Å²) in [5.41, 5.74) is 1.45. The van der Waals surface area contributed by atoms with Crippen LogP contribution in [0, 0.1) is 0 Å². The van der Waals surface area contributed by atoms with E-state index in [0.29, 0.717) is 0 Å². The standard InChI is InChI=1S/C9H18N2/c1-9-5-4-6-11(9)8-7-10(2)3/h5H,4,6-8H2,1-3H3. The minimum atomic E-state index is 1.16. The van der Waals surface area contributed by atoms with Crippen molar-refractivity contribution in [1.82, 2.24) is 9.80 Å². The average Bonchev–Trinajstić information content (AvgIpc) is 2.31. The smallest absolute Gasteiger partial charge is 0.0302 e. The molecular formula is C9H18N2. The Kier molecular flexibility index (Phi) is 2.94. The van der Waals surface area contributed by atoms with Crippen molar-refractivity contribution in [2.75, 3.05) is 33.7 Å². The number of allylic oxidation sites excluding steroid dienone is 1. The van der Waals surface area contributed by atoms with Gasteiger partial charge in [-0.05, 0) is 27.4 Å². The first kappa shape index (κ1) is 8.60. The van der Waals surface area contributed by atoms with Gasteiger partial charge in [0.05, 0.1) is 0 Å². The molecule has 0 bridgehead atoms. The van der Waals surface area contributed by atoms with Crippen LogP contribution in [0.15, 0.2) is 11.8 Å². The summed E-state index contributed by atoms with van der Waals surface area (Å²) in [5.74, 6) is 0. The monoisotopic (exact) mass is 154 g/mol. The molecule has 0 unspecified atom stereocenters. The van der Waals surface area contributed by atoms with E-state index >= 15 is 0 Å². The fourth-order valence-corrected chi connectivity index (χ4v) is 1.34. The molecule has 0 atom stereocenters. The van der Waals surface area contributed by atoms with Gasteiger partial charge in [-0.3, -0.25) is 0 Å². The molecule has 0 saturated heterocycles. The van der Waals surface area contributed by atoms with Gasteiger partial charge < -0.3 is 9.80 Å². The lowest BCUT2D eigenvalue weighted by atomic mass is 10.4. The summed E-state index contributed by atoms with van der Waals surface area (Å²) in [6.45, 7) is 5.75. The maximum Gasteiger partial charge on any atom is 0.0302 e. The first-order valence-electron chi connectivity index (χ1n) is 4.26. The van der Waals surface area contributed by atoms with Gasteiger partial charge in [0, 0.05) is 25.3 Å². The van der Waals surface area contributed by atoms with Gasteiger partial charge in [0.2, 0.25) is 0 Å². The number of likely N-dealkylation sites (N-methyl/N-ethyl adjacent to an activating group) is 1. The molecule has 1 heterocycles. The van der Waals surface area contributed by atoms with Crippen LogP contribution >= 0.6 is 0 Å². The van der Waals surface area contributed by atoms with E-state index in [2.05, 4.69) is 36.9 Å². The molecule has 2 nitrogen and oxygen atoms in total. The second-order valence-corrected chi connectivity index (χ2v) is 3.42. The van der Waals surface area contributed by atoms with Crippen molar-refractivity contribution >= 4 is 0 Å². The van der Waals surface area contributed by atoms with E-state index in [0.717, 1.165) is 6.54 Å². The quantitative estimate of drug-likeness (QED) is 0.602. The molecular weight excluding hydrogens is 136 g/mol. The Morgan fingerprint density at radius 3 is 2.73 bits per heavy atom. The summed E-state index contributed by atoms with van der Waals surface area (Å²) < 4.78 is 0. The molecule has 1 aliphatic heterocycles. The van der Waals surface area contributed by atoms with Crippen molar-refractivity contribution < 1.29 is 0 Å². The van der Waals surface area contributed by atoms with Crippen LogP contribution in [-0.2, 0) is 0 Å². The molecule has 0 N–H and O–H groups in total. The summed E-state index contributed by atoms with van der Waals surface area (Å²) in [6, 6.07) is 0. The summed E-state index contributed by atoms with van der Waals surface area (Å²) >= 11 is 0. The van der Waals surface area contributed by atoms with Gasteiger partial charge >= 0.3 is 0 Å². The second-order valence-electron chi connectivity index (χ2n) is 3.42. The average molecular weight is 154 g/mol. The molecule has 1 aliphatic rings. The molecule has 0 radical (unpaired) electrons. The summed E-state index contributed by atoms with van der Waals surface area (Å²) in [6.07, 6.45) is 3.55. The van der Waals surface area contributed by atoms with Crippen LogP contribution in [0.4, 0.5) is 0 Å². The van der Waals surface area contributed by atoms with E-state index in [9.17, 15) is 0 Å². The largest absolute Gasteiger partial charge is 0.374 e. The molecule has 0 aromatic heterocycles. The lowest BCUT2D eigenvalue weighted by Gasteiger charge is -2.21. The molecule has 0 fully saturated rings. The van der Waals surface area contributed by atoms with Crippen LogP contribution in [0.1, 0.15) is 13.3 Å². The lowest BCUT2D eigenvalue weighted by Crippen LogP contribution is -2.28. The van der Waals surface area contributed by atoms with E-state index in [1.54, 1.807) is 0 Å². The predicted molar refractivity (Wildman–Crippen MR) is 48.5 cm³/mol. The van der Waals surface area contributed by atoms with Gasteiger partial charge in [-0.15, -0.1) is 0 Å². The number of hydrogen-bond acceptors (Lipinski definition) is 2. The highest BCUT2D eigenvalue weighted by atomic mass is 15.2. The summed E-state index contributed by atoms with van der Waals surface area (Å²) in [5, 5.41) is 0. The third-order valence-corrected chi connectivity index (χ3v) is 2.15. The van der Waals surface area contributed by atoms with E-state index in [4.69, 9.17) is 0 Å². The molecule has 0 spiro atoms. The molecule has 0 aliphatic carbocycles. The molecule has 0 amide bonds. The number of rotatable bonds is 3. The minimum Gasteiger partial charge on any atom is -0.374 e. The summed E-state index contributed by atoms with van der Waals surface area (Å²) in [7, 11) is 4.24. The van der Waals surface area contributed by atoms with Crippen LogP contribution in [0.5, 0.6) is 0 Å². The Labute approximate surface area is 69.5 Å². The van der Waals surface area contributed by atoms with Crippen LogP contribution in [0.25, 0.3) is 0 Å². The van der Waals surface area contributed by atoms with Crippen LogP contribution < -0.4 is 0 Å². The highest BCUT2D eigenvalue weighted by molar-refractivity contribution is 5.03. The molecule has 11 heavy (non-hydrogen) atoms. The van der Waals surface area contributed by atoms with Crippen molar-refractivity contribution in [2.45, 2.75) is 13.3 Å². The van der Waals surface area contributed by atoms with Crippen LogP contribution in [0.3, 0.4) is 0 Å². The van der Waals surface area contributed by atoms with Crippen molar-refractivity contribution in [3.8, 4) is 0 Å². The van der Waals surface area contributed by atoms with E-state index < -0.39 is 0 Å². The highest BCUT2D eigenvalue weighted by Gasteiger charge is 2.09. The first-order valence-corrected chi connectivity index (χ1v) is 4.26. The Morgan fingerprint density at radius 1 is 1.55 bits per heavy atom. The van der Waals surface area contributed by atoms with Gasteiger partial charge in [-0.2, -0.15) is 0 Å². The van der Waals surface area contributed by atoms with Gasteiger partial charge in [0.1, 0.15) is 0 Å². The zero-order valence-corrected chi connectivity index (χ0v) is 7.80. The van der Waals surface area contributed by atoms with Gasteiger partial charge in [0.15, 0.2) is 0 Å². The normalized spacial score (nSPS) is 17.8. The predicted octanol–water partition coefficient (Wildman–Crippen LogP) is 1.16. The minimum absolute atomic E-state index is 1.16.